The maximum absolute atomic E-state index is 4.71. The molecule has 4 rings (SSSR count). The van der Waals surface area contributed by atoms with Crippen molar-refractivity contribution >= 4 is 17.2 Å². The van der Waals surface area contributed by atoms with Crippen molar-refractivity contribution in [1.29, 1.82) is 0 Å². The van der Waals surface area contributed by atoms with Crippen LogP contribution in [0, 0.1) is 5.92 Å². The first-order valence-electron chi connectivity index (χ1n) is 8.98. The first-order chi connectivity index (χ1) is 12.2. The van der Waals surface area contributed by atoms with E-state index in [1.165, 1.54) is 18.4 Å². The highest BCUT2D eigenvalue weighted by molar-refractivity contribution is 5.70. The van der Waals surface area contributed by atoms with Gasteiger partial charge in [0, 0.05) is 25.1 Å². The van der Waals surface area contributed by atoms with E-state index in [-0.39, 0.29) is 5.92 Å². The molecule has 2 aromatic heterocycles. The van der Waals surface area contributed by atoms with E-state index in [9.17, 15) is 0 Å². The van der Waals surface area contributed by atoms with Crippen molar-refractivity contribution in [3.8, 4) is 0 Å². The van der Waals surface area contributed by atoms with Crippen molar-refractivity contribution in [2.75, 3.05) is 17.2 Å². The zero-order valence-corrected chi connectivity index (χ0v) is 14.7. The fourth-order valence-electron chi connectivity index (χ4n) is 2.84. The molecule has 1 fully saturated rings. The van der Waals surface area contributed by atoms with Crippen LogP contribution in [0.15, 0.2) is 36.4 Å². The molecule has 1 aliphatic carbocycles. The Bertz CT molecular complexity index is 851. The lowest BCUT2D eigenvalue weighted by molar-refractivity contribution is 0.720. The molecule has 6 heteroatoms. The van der Waals surface area contributed by atoms with E-state index in [1.807, 2.05) is 16.6 Å². The van der Waals surface area contributed by atoms with Crippen molar-refractivity contribution in [2.45, 2.75) is 39.2 Å². The molecule has 1 saturated carbocycles. The van der Waals surface area contributed by atoms with Gasteiger partial charge in [-0.25, -0.2) is 0 Å². The molecular weight excluding hydrogens is 312 g/mol. The normalized spacial score (nSPS) is 14.2. The van der Waals surface area contributed by atoms with Crippen LogP contribution in [-0.2, 0) is 6.54 Å². The Morgan fingerprint density at radius 2 is 1.92 bits per heavy atom. The van der Waals surface area contributed by atoms with Crippen LogP contribution in [0.5, 0.6) is 0 Å². The predicted octanol–water partition coefficient (Wildman–Crippen LogP) is 3.68. The number of anilines is 2. The number of rotatable bonds is 7. The first kappa shape index (κ1) is 15.9. The van der Waals surface area contributed by atoms with E-state index in [1.54, 1.807) is 0 Å². The summed E-state index contributed by atoms with van der Waals surface area (Å²) in [6.07, 6.45) is 2.64. The van der Waals surface area contributed by atoms with Crippen LogP contribution in [0.1, 0.15) is 44.0 Å². The van der Waals surface area contributed by atoms with Crippen LogP contribution < -0.4 is 10.6 Å². The molecular formula is C19H24N6. The average Bonchev–Trinajstić information content (AvgIpc) is 3.35. The van der Waals surface area contributed by atoms with Gasteiger partial charge in [0.05, 0.1) is 5.69 Å². The lowest BCUT2D eigenvalue weighted by Gasteiger charge is -2.12. The first-order valence-corrected chi connectivity index (χ1v) is 8.98. The highest BCUT2D eigenvalue weighted by Gasteiger charge is 2.21. The zero-order chi connectivity index (χ0) is 17.2. The summed E-state index contributed by atoms with van der Waals surface area (Å²) < 4.78 is 1.87. The predicted molar refractivity (Wildman–Crippen MR) is 99.9 cm³/mol. The van der Waals surface area contributed by atoms with Gasteiger partial charge in [-0.15, -0.1) is 15.3 Å². The zero-order valence-electron chi connectivity index (χ0n) is 14.7. The average molecular weight is 336 g/mol. The molecule has 0 radical (unpaired) electrons. The number of aromatic nitrogens is 4. The van der Waals surface area contributed by atoms with E-state index < -0.39 is 0 Å². The molecule has 25 heavy (non-hydrogen) atoms. The lowest BCUT2D eigenvalue weighted by atomic mass is 10.2. The standard InChI is InChI=1S/C19H24N6/c1-13(2)18-22-23-19-16(20-11-14-6-4-3-5-7-14)10-17(24-25(18)19)21-12-15-8-9-15/h3-7,10,13,15,20H,8-9,11-12H2,1-2H3,(H,21,24). The summed E-state index contributed by atoms with van der Waals surface area (Å²) in [6, 6.07) is 12.4. The fraction of sp³-hybridized carbons (Fsp3) is 0.421. The Balaban J connectivity index is 1.64. The minimum atomic E-state index is 0.267. The molecule has 1 aromatic carbocycles. The van der Waals surface area contributed by atoms with Gasteiger partial charge in [0.15, 0.2) is 5.82 Å². The molecule has 0 aliphatic heterocycles. The highest BCUT2D eigenvalue weighted by Crippen LogP contribution is 2.29. The quantitative estimate of drug-likeness (QED) is 0.689. The molecule has 0 unspecified atom stereocenters. The van der Waals surface area contributed by atoms with Crippen molar-refractivity contribution in [3.05, 3.63) is 47.8 Å². The third-order valence-electron chi connectivity index (χ3n) is 4.51. The summed E-state index contributed by atoms with van der Waals surface area (Å²) in [7, 11) is 0. The van der Waals surface area contributed by atoms with Crippen LogP contribution in [0.2, 0.25) is 0 Å². The maximum atomic E-state index is 4.71. The van der Waals surface area contributed by atoms with Gasteiger partial charge in [-0.1, -0.05) is 44.2 Å². The molecule has 3 aromatic rings. The number of fused-ring (bicyclic) bond motifs is 1. The topological polar surface area (TPSA) is 67.1 Å². The van der Waals surface area contributed by atoms with Crippen LogP contribution in [-0.4, -0.2) is 26.4 Å². The van der Waals surface area contributed by atoms with Gasteiger partial charge >= 0.3 is 0 Å². The van der Waals surface area contributed by atoms with Crippen molar-refractivity contribution < 1.29 is 0 Å². The van der Waals surface area contributed by atoms with Crippen LogP contribution in [0.3, 0.4) is 0 Å². The smallest absolute Gasteiger partial charge is 0.201 e. The van der Waals surface area contributed by atoms with Gasteiger partial charge < -0.3 is 10.6 Å². The molecule has 0 bridgehead atoms. The van der Waals surface area contributed by atoms with E-state index in [4.69, 9.17) is 5.10 Å². The van der Waals surface area contributed by atoms with Gasteiger partial charge in [-0.3, -0.25) is 0 Å². The number of hydrogen-bond donors (Lipinski definition) is 2. The molecule has 1 aliphatic rings. The number of hydrogen-bond acceptors (Lipinski definition) is 5. The summed E-state index contributed by atoms with van der Waals surface area (Å²) in [5, 5.41) is 20.4. The van der Waals surface area contributed by atoms with Gasteiger partial charge in [-0.05, 0) is 24.3 Å². The number of nitrogens with one attached hydrogen (secondary N) is 2. The second-order valence-electron chi connectivity index (χ2n) is 7.05. The van der Waals surface area contributed by atoms with Gasteiger partial charge in [0.2, 0.25) is 5.65 Å². The highest BCUT2D eigenvalue weighted by atomic mass is 15.4. The maximum Gasteiger partial charge on any atom is 0.201 e. The van der Waals surface area contributed by atoms with Crippen molar-refractivity contribution in [1.82, 2.24) is 19.8 Å². The molecule has 130 valence electrons. The minimum Gasteiger partial charge on any atom is -0.378 e. The Labute approximate surface area is 147 Å². The molecule has 6 nitrogen and oxygen atoms in total. The van der Waals surface area contributed by atoms with E-state index >= 15 is 0 Å². The van der Waals surface area contributed by atoms with Gasteiger partial charge in [0.1, 0.15) is 5.82 Å². The molecule has 2 N–H and O–H groups in total. The third-order valence-corrected chi connectivity index (χ3v) is 4.51. The summed E-state index contributed by atoms with van der Waals surface area (Å²) in [6.45, 7) is 5.95. The molecule has 0 saturated heterocycles. The van der Waals surface area contributed by atoms with Crippen LogP contribution in [0.4, 0.5) is 11.5 Å². The second-order valence-corrected chi connectivity index (χ2v) is 7.05. The monoisotopic (exact) mass is 336 g/mol. The summed E-state index contributed by atoms with van der Waals surface area (Å²) in [4.78, 5) is 0. The van der Waals surface area contributed by atoms with Crippen molar-refractivity contribution in [2.24, 2.45) is 5.92 Å². The Kier molecular flexibility index (Phi) is 4.26. The summed E-state index contributed by atoms with van der Waals surface area (Å²) >= 11 is 0. The SMILES string of the molecule is CC(C)c1nnc2c(NCc3ccccc3)cc(NCC3CC3)nn12. The molecule has 2 heterocycles. The van der Waals surface area contributed by atoms with Crippen LogP contribution >= 0.6 is 0 Å². The minimum absolute atomic E-state index is 0.267. The van der Waals surface area contributed by atoms with Gasteiger partial charge in [0.25, 0.3) is 0 Å². The molecule has 0 atom stereocenters. The van der Waals surface area contributed by atoms with E-state index in [0.717, 1.165) is 42.0 Å². The fourth-order valence-corrected chi connectivity index (χ4v) is 2.84. The largest absolute Gasteiger partial charge is 0.378 e. The van der Waals surface area contributed by atoms with E-state index in [2.05, 4.69) is 58.9 Å². The van der Waals surface area contributed by atoms with E-state index in [0.29, 0.717) is 0 Å². The molecule has 0 spiro atoms. The van der Waals surface area contributed by atoms with Crippen LogP contribution in [0.25, 0.3) is 5.65 Å². The Hall–Kier alpha value is -2.63. The summed E-state index contributed by atoms with van der Waals surface area (Å²) in [5.41, 5.74) is 2.96. The number of nitrogens with zero attached hydrogens (tertiary/aromatic N) is 4. The third kappa shape index (κ3) is 3.57. The second kappa shape index (κ2) is 6.70. The summed E-state index contributed by atoms with van der Waals surface area (Å²) in [5.74, 6) is 2.82. The number of benzene rings is 1. The van der Waals surface area contributed by atoms with Crippen molar-refractivity contribution in [3.63, 3.8) is 0 Å². The molecule has 0 amide bonds. The van der Waals surface area contributed by atoms with Gasteiger partial charge in [-0.2, -0.15) is 4.52 Å². The lowest BCUT2D eigenvalue weighted by Crippen LogP contribution is -2.11. The Morgan fingerprint density at radius 3 is 2.64 bits per heavy atom. The Morgan fingerprint density at radius 1 is 1.12 bits per heavy atom.